The number of nitrogen functional groups attached to an aromatic ring is 1. The lowest BCUT2D eigenvalue weighted by Gasteiger charge is -2.23. The van der Waals surface area contributed by atoms with Crippen LogP contribution in [0.5, 0.6) is 0 Å². The molecule has 2 heteroatoms. The first kappa shape index (κ1) is 11.5. The number of hydrogen-bond acceptors (Lipinski definition) is 1. The van der Waals surface area contributed by atoms with E-state index in [2.05, 4.69) is 61.0 Å². The lowest BCUT2D eigenvalue weighted by atomic mass is 9.82. The van der Waals surface area contributed by atoms with Crippen molar-refractivity contribution in [1.29, 1.82) is 0 Å². The van der Waals surface area contributed by atoms with Gasteiger partial charge in [-0.05, 0) is 39.9 Å². The maximum Gasteiger partial charge on any atom is 0.0358 e. The van der Waals surface area contributed by atoms with Gasteiger partial charge in [0.15, 0.2) is 0 Å². The summed E-state index contributed by atoms with van der Waals surface area (Å²) in [6.07, 6.45) is 0. The molecule has 0 heterocycles. The monoisotopic (exact) mass is 277 g/mol. The Balaban J connectivity index is 2.85. The highest BCUT2D eigenvalue weighted by Gasteiger charge is 2.19. The summed E-state index contributed by atoms with van der Waals surface area (Å²) in [6.45, 7) is 6.58. The van der Waals surface area contributed by atoms with Crippen LogP contribution in [0.1, 0.15) is 26.3 Å². The second-order valence-corrected chi connectivity index (χ2v) is 6.06. The molecule has 2 aromatic rings. The highest BCUT2D eigenvalue weighted by Crippen LogP contribution is 2.35. The first-order valence-corrected chi connectivity index (χ1v) is 6.17. The minimum absolute atomic E-state index is 0.0669. The second kappa shape index (κ2) is 3.77. The van der Waals surface area contributed by atoms with Crippen molar-refractivity contribution in [2.24, 2.45) is 0 Å². The van der Waals surface area contributed by atoms with Crippen LogP contribution in [0.2, 0.25) is 0 Å². The molecule has 2 N–H and O–H groups in total. The van der Waals surface area contributed by atoms with Crippen LogP contribution >= 0.6 is 15.9 Å². The Hall–Kier alpha value is -1.02. The molecule has 84 valence electrons. The number of hydrogen-bond donors (Lipinski definition) is 1. The fourth-order valence-corrected chi connectivity index (χ4v) is 2.53. The van der Waals surface area contributed by atoms with Crippen molar-refractivity contribution < 1.29 is 0 Å². The quantitative estimate of drug-likeness (QED) is 0.706. The maximum atomic E-state index is 6.10. The zero-order valence-electron chi connectivity index (χ0n) is 9.84. The zero-order valence-corrected chi connectivity index (χ0v) is 11.4. The van der Waals surface area contributed by atoms with Crippen LogP contribution in [-0.2, 0) is 5.41 Å². The van der Waals surface area contributed by atoms with E-state index in [4.69, 9.17) is 5.73 Å². The summed E-state index contributed by atoms with van der Waals surface area (Å²) in [4.78, 5) is 0. The van der Waals surface area contributed by atoms with Gasteiger partial charge in [-0.25, -0.2) is 0 Å². The molecule has 0 aliphatic carbocycles. The Morgan fingerprint density at radius 2 is 1.75 bits per heavy atom. The highest BCUT2D eigenvalue weighted by atomic mass is 79.9. The average Bonchev–Trinajstić information content (AvgIpc) is 2.16. The lowest BCUT2D eigenvalue weighted by molar-refractivity contribution is 0.598. The Labute approximate surface area is 105 Å². The minimum Gasteiger partial charge on any atom is -0.398 e. The van der Waals surface area contributed by atoms with Gasteiger partial charge in [0.1, 0.15) is 0 Å². The van der Waals surface area contributed by atoms with Crippen molar-refractivity contribution in [1.82, 2.24) is 0 Å². The highest BCUT2D eigenvalue weighted by molar-refractivity contribution is 9.10. The average molecular weight is 278 g/mol. The van der Waals surface area contributed by atoms with Gasteiger partial charge in [0.25, 0.3) is 0 Å². The number of nitrogens with two attached hydrogens (primary N) is 1. The molecular weight excluding hydrogens is 262 g/mol. The van der Waals surface area contributed by atoms with E-state index in [1.165, 1.54) is 16.3 Å². The van der Waals surface area contributed by atoms with E-state index in [0.29, 0.717) is 0 Å². The lowest BCUT2D eigenvalue weighted by Crippen LogP contribution is -2.14. The largest absolute Gasteiger partial charge is 0.398 e. The fraction of sp³-hybridized carbons (Fsp3) is 0.286. The molecule has 0 unspecified atom stereocenters. The summed E-state index contributed by atoms with van der Waals surface area (Å²) in [5.41, 5.74) is 8.28. The van der Waals surface area contributed by atoms with Gasteiger partial charge < -0.3 is 5.73 Å². The summed E-state index contributed by atoms with van der Waals surface area (Å²) < 4.78 is 1.10. The Kier molecular flexibility index (Phi) is 2.70. The molecule has 0 amide bonds. The number of halogens is 1. The zero-order chi connectivity index (χ0) is 11.9. The first-order valence-electron chi connectivity index (χ1n) is 5.38. The van der Waals surface area contributed by atoms with Gasteiger partial charge in [0.05, 0.1) is 0 Å². The smallest absolute Gasteiger partial charge is 0.0358 e. The number of rotatable bonds is 0. The van der Waals surface area contributed by atoms with Crippen LogP contribution < -0.4 is 5.73 Å². The Morgan fingerprint density at radius 1 is 1.06 bits per heavy atom. The topological polar surface area (TPSA) is 26.0 Å². The van der Waals surface area contributed by atoms with Crippen LogP contribution in [0.25, 0.3) is 10.8 Å². The van der Waals surface area contributed by atoms with Crippen molar-refractivity contribution >= 4 is 32.4 Å². The molecule has 0 spiro atoms. The van der Waals surface area contributed by atoms with Crippen molar-refractivity contribution in [2.45, 2.75) is 26.2 Å². The number of fused-ring (bicyclic) bond motifs is 1. The summed E-state index contributed by atoms with van der Waals surface area (Å²) in [5, 5.41) is 2.48. The summed E-state index contributed by atoms with van der Waals surface area (Å²) in [5.74, 6) is 0. The SMILES string of the molecule is CC(C)(C)c1c(N)ccc2cc(Br)ccc12. The van der Waals surface area contributed by atoms with Crippen LogP contribution in [0, 0.1) is 0 Å². The van der Waals surface area contributed by atoms with E-state index >= 15 is 0 Å². The maximum absolute atomic E-state index is 6.10. The molecule has 0 atom stereocenters. The molecule has 0 aromatic heterocycles. The Bertz CT molecular complexity index is 538. The number of anilines is 1. The summed E-state index contributed by atoms with van der Waals surface area (Å²) >= 11 is 3.49. The molecule has 0 aliphatic rings. The van der Waals surface area contributed by atoms with Crippen molar-refractivity contribution in [3.8, 4) is 0 Å². The minimum atomic E-state index is 0.0669. The van der Waals surface area contributed by atoms with Crippen LogP contribution in [0.15, 0.2) is 34.8 Å². The van der Waals surface area contributed by atoms with Crippen molar-refractivity contribution in [3.63, 3.8) is 0 Å². The molecule has 1 nitrogen and oxygen atoms in total. The van der Waals surface area contributed by atoms with E-state index in [-0.39, 0.29) is 5.41 Å². The van der Waals surface area contributed by atoms with E-state index in [0.717, 1.165) is 10.2 Å². The van der Waals surface area contributed by atoms with Gasteiger partial charge in [0.2, 0.25) is 0 Å². The fourth-order valence-electron chi connectivity index (χ4n) is 2.15. The van der Waals surface area contributed by atoms with E-state index in [1.807, 2.05) is 6.07 Å². The molecule has 0 aliphatic heterocycles. The van der Waals surface area contributed by atoms with Crippen LogP contribution in [-0.4, -0.2) is 0 Å². The molecule has 0 radical (unpaired) electrons. The van der Waals surface area contributed by atoms with Crippen molar-refractivity contribution in [2.75, 3.05) is 5.73 Å². The predicted octanol–water partition coefficient (Wildman–Crippen LogP) is 4.48. The van der Waals surface area contributed by atoms with E-state index < -0.39 is 0 Å². The molecule has 2 aromatic carbocycles. The van der Waals surface area contributed by atoms with Gasteiger partial charge in [-0.15, -0.1) is 0 Å². The third-order valence-electron chi connectivity index (χ3n) is 2.76. The van der Waals surface area contributed by atoms with Gasteiger partial charge in [-0.1, -0.05) is 48.8 Å². The van der Waals surface area contributed by atoms with Gasteiger partial charge in [-0.2, -0.15) is 0 Å². The molecule has 2 rings (SSSR count). The molecular formula is C14H16BrN. The van der Waals surface area contributed by atoms with Gasteiger partial charge in [0, 0.05) is 10.2 Å². The molecule has 0 bridgehead atoms. The predicted molar refractivity (Wildman–Crippen MR) is 74.8 cm³/mol. The van der Waals surface area contributed by atoms with Gasteiger partial charge >= 0.3 is 0 Å². The normalized spacial score (nSPS) is 12.0. The standard InChI is InChI=1S/C14H16BrN/c1-14(2,3)13-11-6-5-10(15)8-9(11)4-7-12(13)16/h4-8H,16H2,1-3H3. The Morgan fingerprint density at radius 3 is 2.38 bits per heavy atom. The van der Waals surface area contributed by atoms with Crippen molar-refractivity contribution in [3.05, 3.63) is 40.4 Å². The third kappa shape index (κ3) is 1.94. The molecule has 0 saturated heterocycles. The molecule has 0 saturated carbocycles. The third-order valence-corrected chi connectivity index (χ3v) is 3.26. The summed E-state index contributed by atoms with van der Waals surface area (Å²) in [6, 6.07) is 10.4. The molecule has 0 fully saturated rings. The van der Waals surface area contributed by atoms with E-state index in [1.54, 1.807) is 0 Å². The van der Waals surface area contributed by atoms with Crippen LogP contribution in [0.3, 0.4) is 0 Å². The van der Waals surface area contributed by atoms with Crippen LogP contribution in [0.4, 0.5) is 5.69 Å². The molecule has 16 heavy (non-hydrogen) atoms. The van der Waals surface area contributed by atoms with Gasteiger partial charge in [-0.3, -0.25) is 0 Å². The first-order chi connectivity index (χ1) is 7.39. The summed E-state index contributed by atoms with van der Waals surface area (Å²) in [7, 11) is 0. The van der Waals surface area contributed by atoms with E-state index in [9.17, 15) is 0 Å². The second-order valence-electron chi connectivity index (χ2n) is 5.15. The number of benzene rings is 2.